The number of hydrogen-bond donors (Lipinski definition) is 0. The van der Waals surface area contributed by atoms with Crippen molar-refractivity contribution in [1.82, 2.24) is 0 Å². The normalized spacial score (nSPS) is 13.5. The quantitative estimate of drug-likeness (QED) is 0.806. The molecule has 0 amide bonds. The van der Waals surface area contributed by atoms with Crippen molar-refractivity contribution in [1.29, 1.82) is 0 Å². The van der Waals surface area contributed by atoms with Gasteiger partial charge in [0.1, 0.15) is 5.75 Å². The molecule has 0 aliphatic carbocycles. The number of anilines is 1. The van der Waals surface area contributed by atoms with Crippen molar-refractivity contribution in [3.8, 4) is 5.75 Å². The molecule has 0 N–H and O–H groups in total. The number of rotatable bonds is 2. The molecule has 0 unspecified atom stereocenters. The lowest BCUT2D eigenvalue weighted by Crippen LogP contribution is -2.15. The number of methoxy groups -OCH3 is 1. The van der Waals surface area contributed by atoms with E-state index in [-0.39, 0.29) is 0 Å². The Balaban J connectivity index is 1.95. The summed E-state index contributed by atoms with van der Waals surface area (Å²) in [4.78, 5) is 2.38. The van der Waals surface area contributed by atoms with Crippen LogP contribution in [-0.4, -0.2) is 7.11 Å². The average Bonchev–Trinajstić information content (AvgIpc) is 2.82. The highest BCUT2D eigenvalue weighted by molar-refractivity contribution is 5.61. The summed E-state index contributed by atoms with van der Waals surface area (Å²) in [6.45, 7) is 6.30. The first-order chi connectivity index (χ1) is 9.19. The van der Waals surface area contributed by atoms with E-state index >= 15 is 0 Å². The lowest BCUT2D eigenvalue weighted by molar-refractivity contribution is 0.414. The summed E-state index contributed by atoms with van der Waals surface area (Å²) in [5.74, 6) is 0.948. The highest BCUT2D eigenvalue weighted by atomic mass is 16.5. The van der Waals surface area contributed by atoms with E-state index in [1.807, 2.05) is 12.1 Å². The van der Waals surface area contributed by atoms with E-state index < -0.39 is 0 Å². The van der Waals surface area contributed by atoms with Gasteiger partial charge in [0.25, 0.3) is 0 Å². The molecule has 3 rings (SSSR count). The van der Waals surface area contributed by atoms with E-state index in [1.165, 1.54) is 27.9 Å². The van der Waals surface area contributed by atoms with Gasteiger partial charge in [0.15, 0.2) is 0 Å². The van der Waals surface area contributed by atoms with E-state index in [1.54, 1.807) is 7.11 Å². The number of nitrogens with zero attached hydrogens (tertiary/aromatic N) is 1. The van der Waals surface area contributed by atoms with Crippen molar-refractivity contribution < 1.29 is 4.74 Å². The maximum atomic E-state index is 5.46. The lowest BCUT2D eigenvalue weighted by Gasteiger charge is -2.20. The zero-order chi connectivity index (χ0) is 13.4. The Hall–Kier alpha value is -1.96. The fraction of sp³-hybridized carbons (Fsp3) is 0.294. The molecule has 2 aromatic rings. The Morgan fingerprint density at radius 1 is 0.947 bits per heavy atom. The lowest BCUT2D eigenvalue weighted by atomic mass is 10.0. The van der Waals surface area contributed by atoms with Crippen LogP contribution in [-0.2, 0) is 13.1 Å². The molecule has 2 nitrogen and oxygen atoms in total. The summed E-state index contributed by atoms with van der Waals surface area (Å²) in [5, 5.41) is 0. The first-order valence-electron chi connectivity index (χ1n) is 6.66. The first kappa shape index (κ1) is 12.1. The third-order valence-corrected chi connectivity index (χ3v) is 3.96. The smallest absolute Gasteiger partial charge is 0.142 e. The van der Waals surface area contributed by atoms with Gasteiger partial charge < -0.3 is 9.64 Å². The predicted molar refractivity (Wildman–Crippen MR) is 78.8 cm³/mol. The van der Waals surface area contributed by atoms with Gasteiger partial charge in [-0.25, -0.2) is 0 Å². The molecular weight excluding hydrogens is 234 g/mol. The van der Waals surface area contributed by atoms with Crippen LogP contribution in [0.5, 0.6) is 5.75 Å². The van der Waals surface area contributed by atoms with Crippen LogP contribution < -0.4 is 9.64 Å². The average molecular weight is 253 g/mol. The summed E-state index contributed by atoms with van der Waals surface area (Å²) < 4.78 is 5.46. The third kappa shape index (κ3) is 2.07. The van der Waals surface area contributed by atoms with Crippen LogP contribution in [0.4, 0.5) is 5.69 Å². The molecule has 0 bridgehead atoms. The Morgan fingerprint density at radius 2 is 1.53 bits per heavy atom. The molecule has 0 spiro atoms. The fourth-order valence-corrected chi connectivity index (χ4v) is 2.76. The van der Waals surface area contributed by atoms with Gasteiger partial charge in [-0.15, -0.1) is 0 Å². The Morgan fingerprint density at radius 3 is 2.11 bits per heavy atom. The topological polar surface area (TPSA) is 12.5 Å². The van der Waals surface area contributed by atoms with Crippen LogP contribution in [0.1, 0.15) is 22.3 Å². The zero-order valence-electron chi connectivity index (χ0n) is 11.7. The SMILES string of the molecule is COc1ccccc1N1Cc2cc(C)c(C)cc2C1. The van der Waals surface area contributed by atoms with Crippen LogP contribution >= 0.6 is 0 Å². The molecule has 98 valence electrons. The van der Waals surface area contributed by atoms with Crippen molar-refractivity contribution in [3.63, 3.8) is 0 Å². The van der Waals surface area contributed by atoms with Gasteiger partial charge in [0.05, 0.1) is 12.8 Å². The minimum Gasteiger partial charge on any atom is -0.495 e. The number of ether oxygens (including phenoxy) is 1. The second-order valence-corrected chi connectivity index (χ2v) is 5.23. The van der Waals surface area contributed by atoms with Gasteiger partial charge in [0, 0.05) is 13.1 Å². The molecule has 0 atom stereocenters. The van der Waals surface area contributed by atoms with Crippen molar-refractivity contribution in [3.05, 3.63) is 58.7 Å². The predicted octanol–water partition coefficient (Wildman–Crippen LogP) is 3.83. The van der Waals surface area contributed by atoms with Gasteiger partial charge in [-0.3, -0.25) is 0 Å². The van der Waals surface area contributed by atoms with E-state index in [4.69, 9.17) is 4.74 Å². The van der Waals surface area contributed by atoms with Gasteiger partial charge in [-0.05, 0) is 48.2 Å². The van der Waals surface area contributed by atoms with Crippen molar-refractivity contribution in [2.45, 2.75) is 26.9 Å². The molecule has 2 aromatic carbocycles. The molecular formula is C17H19NO. The second-order valence-electron chi connectivity index (χ2n) is 5.23. The van der Waals surface area contributed by atoms with Gasteiger partial charge in [0.2, 0.25) is 0 Å². The largest absolute Gasteiger partial charge is 0.495 e. The summed E-state index contributed by atoms with van der Waals surface area (Å²) >= 11 is 0. The highest BCUT2D eigenvalue weighted by Crippen LogP contribution is 2.35. The van der Waals surface area contributed by atoms with Crippen LogP contribution in [0.15, 0.2) is 36.4 Å². The van der Waals surface area contributed by atoms with Crippen LogP contribution in [0.3, 0.4) is 0 Å². The van der Waals surface area contributed by atoms with Gasteiger partial charge in [-0.1, -0.05) is 24.3 Å². The zero-order valence-corrected chi connectivity index (χ0v) is 11.7. The molecule has 0 saturated carbocycles. The number of fused-ring (bicyclic) bond motifs is 1. The summed E-state index contributed by atoms with van der Waals surface area (Å²) in [7, 11) is 1.73. The molecule has 0 radical (unpaired) electrons. The molecule has 1 aliphatic heterocycles. The number of para-hydroxylation sites is 2. The number of aryl methyl sites for hydroxylation is 2. The molecule has 0 aromatic heterocycles. The molecule has 0 fully saturated rings. The Labute approximate surface area is 114 Å². The van der Waals surface area contributed by atoms with Crippen molar-refractivity contribution in [2.75, 3.05) is 12.0 Å². The monoisotopic (exact) mass is 253 g/mol. The minimum absolute atomic E-state index is 0.948. The standard InChI is InChI=1S/C17H19NO/c1-12-8-14-10-18(11-15(14)9-13(12)2)16-6-4-5-7-17(16)19-3/h4-9H,10-11H2,1-3H3. The van der Waals surface area contributed by atoms with E-state index in [9.17, 15) is 0 Å². The molecule has 19 heavy (non-hydrogen) atoms. The minimum atomic E-state index is 0.948. The van der Waals surface area contributed by atoms with E-state index in [2.05, 4.69) is 43.0 Å². The molecule has 1 heterocycles. The van der Waals surface area contributed by atoms with Crippen LogP contribution in [0, 0.1) is 13.8 Å². The van der Waals surface area contributed by atoms with Crippen LogP contribution in [0.25, 0.3) is 0 Å². The third-order valence-electron chi connectivity index (χ3n) is 3.96. The van der Waals surface area contributed by atoms with Gasteiger partial charge >= 0.3 is 0 Å². The molecule has 0 saturated heterocycles. The van der Waals surface area contributed by atoms with Crippen LogP contribution in [0.2, 0.25) is 0 Å². The Kier molecular flexibility index (Phi) is 2.94. The number of hydrogen-bond acceptors (Lipinski definition) is 2. The summed E-state index contributed by atoms with van der Waals surface area (Å²) in [6.07, 6.45) is 0. The first-order valence-corrected chi connectivity index (χ1v) is 6.66. The number of benzene rings is 2. The molecule has 1 aliphatic rings. The molecule has 2 heteroatoms. The van der Waals surface area contributed by atoms with Gasteiger partial charge in [-0.2, -0.15) is 0 Å². The van der Waals surface area contributed by atoms with Crippen molar-refractivity contribution >= 4 is 5.69 Å². The summed E-state index contributed by atoms with van der Waals surface area (Å²) in [6, 6.07) is 12.9. The maximum Gasteiger partial charge on any atom is 0.142 e. The Bertz CT molecular complexity index is 588. The second kappa shape index (κ2) is 4.61. The van der Waals surface area contributed by atoms with E-state index in [0.29, 0.717) is 0 Å². The van der Waals surface area contributed by atoms with Crippen molar-refractivity contribution in [2.24, 2.45) is 0 Å². The van der Waals surface area contributed by atoms with E-state index in [0.717, 1.165) is 18.8 Å². The maximum absolute atomic E-state index is 5.46. The summed E-state index contributed by atoms with van der Waals surface area (Å²) in [5.41, 5.74) is 6.81. The highest BCUT2D eigenvalue weighted by Gasteiger charge is 2.21. The fourth-order valence-electron chi connectivity index (χ4n) is 2.76.